The summed E-state index contributed by atoms with van der Waals surface area (Å²) >= 11 is 0. The fraction of sp³-hybridized carbons (Fsp3) is 0.120. The zero-order valence-electron chi connectivity index (χ0n) is 17.6. The molecular weight excluding hydrogens is 427 g/mol. The Morgan fingerprint density at radius 3 is 2.21 bits per heavy atom. The van der Waals surface area contributed by atoms with Gasteiger partial charge in [-0.05, 0) is 24.3 Å². The zero-order chi connectivity index (χ0) is 23.8. The maximum absolute atomic E-state index is 14.2. The summed E-state index contributed by atoms with van der Waals surface area (Å²) < 4.78 is 22.2. The number of ether oxygens (including phenoxy) is 1. The van der Waals surface area contributed by atoms with Gasteiger partial charge in [0, 0.05) is 40.5 Å². The van der Waals surface area contributed by atoms with E-state index in [9.17, 15) is 14.0 Å². The van der Waals surface area contributed by atoms with Crippen LogP contribution in [0, 0.1) is 5.82 Å². The van der Waals surface area contributed by atoms with Crippen molar-refractivity contribution in [1.82, 2.24) is 4.57 Å². The van der Waals surface area contributed by atoms with Crippen LogP contribution in [0.1, 0.15) is 5.56 Å². The van der Waals surface area contributed by atoms with Crippen LogP contribution in [0.25, 0.3) is 21.8 Å². The Hall–Kier alpha value is -4.17. The van der Waals surface area contributed by atoms with Crippen LogP contribution < -0.4 is 10.5 Å². The number of benzene rings is 3. The standard InChI is InChI=1S/C21H19FN2O.C4H4O4/c22-17-8-3-1-6-15(17)14-24-18-9-4-2-7-16(18)21-19(24)10-5-11-20(21)25-13-12-23;5-3(6)1-2-4(7)8/h1-11H,12-14,23H2;1-2H,(H,5,6)(H,7,8)/b;2-1+. The molecular formula is C25H23FN2O5. The summed E-state index contributed by atoms with van der Waals surface area (Å²) in [5, 5.41) is 17.8. The quantitative estimate of drug-likeness (QED) is 0.366. The maximum atomic E-state index is 14.2. The molecule has 0 saturated heterocycles. The maximum Gasteiger partial charge on any atom is 0.328 e. The Bertz CT molecular complexity index is 1300. The van der Waals surface area contributed by atoms with Gasteiger partial charge in [-0.3, -0.25) is 0 Å². The van der Waals surface area contributed by atoms with Crippen molar-refractivity contribution in [3.05, 3.63) is 90.3 Å². The lowest BCUT2D eigenvalue weighted by Crippen LogP contribution is -2.10. The lowest BCUT2D eigenvalue weighted by molar-refractivity contribution is -0.134. The summed E-state index contributed by atoms with van der Waals surface area (Å²) in [5.74, 6) is -1.89. The molecule has 0 aliphatic carbocycles. The second-order valence-electron chi connectivity index (χ2n) is 6.99. The number of aliphatic carboxylic acids is 2. The highest BCUT2D eigenvalue weighted by Crippen LogP contribution is 2.36. The van der Waals surface area contributed by atoms with E-state index in [1.165, 1.54) is 6.07 Å². The van der Waals surface area contributed by atoms with Crippen molar-refractivity contribution in [3.63, 3.8) is 0 Å². The van der Waals surface area contributed by atoms with Crippen molar-refractivity contribution in [1.29, 1.82) is 0 Å². The predicted molar refractivity (Wildman–Crippen MR) is 124 cm³/mol. The molecule has 0 amide bonds. The number of aromatic nitrogens is 1. The van der Waals surface area contributed by atoms with Crippen LogP contribution in [0.2, 0.25) is 0 Å². The molecule has 3 aromatic carbocycles. The predicted octanol–water partition coefficient (Wildman–Crippen LogP) is 4.03. The van der Waals surface area contributed by atoms with Crippen molar-refractivity contribution in [2.75, 3.05) is 13.2 Å². The summed E-state index contributed by atoms with van der Waals surface area (Å²) in [6.07, 6.45) is 1.12. The molecule has 0 bridgehead atoms. The SMILES string of the molecule is NCCOc1cccc2c1c1ccccc1n2Cc1ccccc1F.O=C(O)/C=C/C(=O)O. The van der Waals surface area contributed by atoms with Crippen LogP contribution >= 0.6 is 0 Å². The Morgan fingerprint density at radius 1 is 0.909 bits per heavy atom. The first-order chi connectivity index (χ1) is 15.9. The molecule has 4 aromatic rings. The largest absolute Gasteiger partial charge is 0.492 e. The molecule has 0 radical (unpaired) electrons. The topological polar surface area (TPSA) is 115 Å². The number of para-hydroxylation sites is 1. The third kappa shape index (κ3) is 5.75. The van der Waals surface area contributed by atoms with Crippen molar-refractivity contribution in [2.45, 2.75) is 6.54 Å². The molecule has 8 heteroatoms. The van der Waals surface area contributed by atoms with Gasteiger partial charge in [0.05, 0.1) is 12.1 Å². The normalized spacial score (nSPS) is 10.8. The van der Waals surface area contributed by atoms with Gasteiger partial charge >= 0.3 is 11.9 Å². The molecule has 1 heterocycles. The Balaban J connectivity index is 0.000000331. The van der Waals surface area contributed by atoms with E-state index in [0.717, 1.165) is 27.6 Å². The first-order valence-corrected chi connectivity index (χ1v) is 10.1. The minimum absolute atomic E-state index is 0.191. The number of carboxylic acids is 2. The highest BCUT2D eigenvalue weighted by molar-refractivity contribution is 6.11. The summed E-state index contributed by atoms with van der Waals surface area (Å²) in [6.45, 7) is 1.40. The monoisotopic (exact) mass is 450 g/mol. The number of carbonyl (C=O) groups is 2. The van der Waals surface area contributed by atoms with E-state index < -0.39 is 11.9 Å². The lowest BCUT2D eigenvalue weighted by Gasteiger charge is -2.10. The van der Waals surface area contributed by atoms with Gasteiger partial charge in [0.2, 0.25) is 0 Å². The van der Waals surface area contributed by atoms with Gasteiger partial charge < -0.3 is 25.3 Å². The van der Waals surface area contributed by atoms with Gasteiger partial charge in [-0.15, -0.1) is 0 Å². The second-order valence-corrected chi connectivity index (χ2v) is 6.99. The van der Waals surface area contributed by atoms with Crippen LogP contribution in [-0.2, 0) is 16.1 Å². The molecule has 7 nitrogen and oxygen atoms in total. The number of hydrogen-bond acceptors (Lipinski definition) is 4. The number of rotatable bonds is 7. The molecule has 0 aliphatic heterocycles. The average Bonchev–Trinajstić information content (AvgIpc) is 3.12. The average molecular weight is 450 g/mol. The van der Waals surface area contributed by atoms with Crippen molar-refractivity contribution in [3.8, 4) is 5.75 Å². The van der Waals surface area contributed by atoms with Gasteiger partial charge in [0.25, 0.3) is 0 Å². The van der Waals surface area contributed by atoms with E-state index in [2.05, 4.69) is 16.7 Å². The first-order valence-electron chi connectivity index (χ1n) is 10.1. The molecule has 0 atom stereocenters. The number of halogens is 1. The van der Waals surface area contributed by atoms with Gasteiger partial charge in [0.1, 0.15) is 18.2 Å². The van der Waals surface area contributed by atoms with Gasteiger partial charge in [-0.1, -0.05) is 42.5 Å². The third-order valence-corrected chi connectivity index (χ3v) is 4.79. The van der Waals surface area contributed by atoms with Crippen LogP contribution in [0.4, 0.5) is 4.39 Å². The van der Waals surface area contributed by atoms with Gasteiger partial charge in [0.15, 0.2) is 0 Å². The first kappa shape index (κ1) is 23.5. The highest BCUT2D eigenvalue weighted by Gasteiger charge is 2.15. The fourth-order valence-corrected chi connectivity index (χ4v) is 3.46. The number of carboxylic acid groups (broad SMARTS) is 2. The summed E-state index contributed by atoms with van der Waals surface area (Å²) in [7, 11) is 0. The number of nitrogens with two attached hydrogens (primary N) is 1. The number of nitrogens with zero attached hydrogens (tertiary/aromatic N) is 1. The van der Waals surface area contributed by atoms with Crippen molar-refractivity contribution < 1.29 is 28.9 Å². The molecule has 4 rings (SSSR count). The molecule has 0 unspecified atom stereocenters. The molecule has 0 aliphatic rings. The lowest BCUT2D eigenvalue weighted by atomic mass is 10.1. The molecule has 1 aromatic heterocycles. The van der Waals surface area contributed by atoms with E-state index in [-0.39, 0.29) is 5.82 Å². The summed E-state index contributed by atoms with van der Waals surface area (Å²) in [6, 6.07) is 21.0. The second kappa shape index (κ2) is 10.9. The molecule has 33 heavy (non-hydrogen) atoms. The van der Waals surface area contributed by atoms with Crippen LogP contribution in [0.15, 0.2) is 78.9 Å². The minimum Gasteiger partial charge on any atom is -0.492 e. The van der Waals surface area contributed by atoms with E-state index >= 15 is 0 Å². The number of fused-ring (bicyclic) bond motifs is 3. The van der Waals surface area contributed by atoms with Crippen LogP contribution in [-0.4, -0.2) is 39.9 Å². The summed E-state index contributed by atoms with van der Waals surface area (Å²) in [4.78, 5) is 19.1. The van der Waals surface area contributed by atoms with Crippen LogP contribution in [0.3, 0.4) is 0 Å². The van der Waals surface area contributed by atoms with Crippen molar-refractivity contribution in [2.24, 2.45) is 5.73 Å². The van der Waals surface area contributed by atoms with Gasteiger partial charge in [-0.25, -0.2) is 14.0 Å². The fourth-order valence-electron chi connectivity index (χ4n) is 3.46. The smallest absolute Gasteiger partial charge is 0.328 e. The molecule has 0 fully saturated rings. The Kier molecular flexibility index (Phi) is 7.77. The van der Waals surface area contributed by atoms with E-state index in [0.29, 0.717) is 37.4 Å². The molecule has 4 N–H and O–H groups in total. The summed E-state index contributed by atoms with van der Waals surface area (Å²) in [5.41, 5.74) is 8.34. The third-order valence-electron chi connectivity index (χ3n) is 4.79. The van der Waals surface area contributed by atoms with E-state index in [1.54, 1.807) is 6.07 Å². The van der Waals surface area contributed by atoms with Crippen molar-refractivity contribution >= 4 is 33.7 Å². The Labute approximate surface area is 189 Å². The molecule has 170 valence electrons. The van der Waals surface area contributed by atoms with Crippen LogP contribution in [0.5, 0.6) is 5.75 Å². The van der Waals surface area contributed by atoms with E-state index in [1.807, 2.05) is 42.5 Å². The minimum atomic E-state index is -1.26. The number of hydrogen-bond donors (Lipinski definition) is 3. The molecule has 0 saturated carbocycles. The zero-order valence-corrected chi connectivity index (χ0v) is 17.6. The highest BCUT2D eigenvalue weighted by atomic mass is 19.1. The van der Waals surface area contributed by atoms with Gasteiger partial charge in [-0.2, -0.15) is 0 Å². The Morgan fingerprint density at radius 2 is 1.55 bits per heavy atom. The van der Waals surface area contributed by atoms with E-state index in [4.69, 9.17) is 20.7 Å². The molecule has 0 spiro atoms.